The van der Waals surface area contributed by atoms with Crippen LogP contribution in [-0.2, 0) is 6.18 Å². The predicted octanol–water partition coefficient (Wildman–Crippen LogP) is 4.78. The van der Waals surface area contributed by atoms with Gasteiger partial charge in [0.2, 0.25) is 5.13 Å². The second kappa shape index (κ2) is 10.3. The smallest absolute Gasteiger partial charge is 0.352 e. The molecule has 2 heterocycles. The second-order valence-corrected chi connectivity index (χ2v) is 8.17. The maximum absolute atomic E-state index is 13.9. The zero-order chi connectivity index (χ0) is 23.3. The Morgan fingerprint density at radius 1 is 1.19 bits per heavy atom. The number of carbonyl (C=O) groups is 1. The molecular formula is C22H26F3N5OS. The Hall–Kier alpha value is -2.72. The van der Waals surface area contributed by atoms with Gasteiger partial charge in [0.05, 0.1) is 17.5 Å². The first-order valence-electron chi connectivity index (χ1n) is 10.4. The van der Waals surface area contributed by atoms with Crippen LogP contribution >= 0.6 is 11.3 Å². The third-order valence-corrected chi connectivity index (χ3v) is 5.95. The minimum atomic E-state index is -4.76. The van der Waals surface area contributed by atoms with Crippen molar-refractivity contribution >= 4 is 17.2 Å². The number of hydrogen-bond donors (Lipinski definition) is 1. The van der Waals surface area contributed by atoms with Crippen molar-refractivity contribution in [1.82, 2.24) is 25.0 Å². The summed E-state index contributed by atoms with van der Waals surface area (Å²) in [4.78, 5) is 19.0. The van der Waals surface area contributed by atoms with Gasteiger partial charge in [-0.05, 0) is 33.0 Å². The summed E-state index contributed by atoms with van der Waals surface area (Å²) in [6, 6.07) is 7.54. The maximum Gasteiger partial charge on any atom is 0.434 e. The van der Waals surface area contributed by atoms with Gasteiger partial charge < -0.3 is 10.2 Å². The molecule has 0 aliphatic heterocycles. The number of nitrogens with one attached hydrogen (secondary N) is 1. The summed E-state index contributed by atoms with van der Waals surface area (Å²) in [5.41, 5.74) is 0.792. The largest absolute Gasteiger partial charge is 0.434 e. The van der Waals surface area contributed by atoms with Crippen molar-refractivity contribution in [3.05, 3.63) is 52.7 Å². The van der Waals surface area contributed by atoms with Crippen LogP contribution in [-0.4, -0.2) is 51.8 Å². The van der Waals surface area contributed by atoms with Crippen molar-refractivity contribution in [2.75, 3.05) is 26.2 Å². The number of thiazole rings is 1. The van der Waals surface area contributed by atoms with Crippen molar-refractivity contribution in [2.24, 2.45) is 0 Å². The lowest BCUT2D eigenvalue weighted by Gasteiger charge is -2.17. The quantitative estimate of drug-likeness (QED) is 0.462. The molecule has 1 amide bonds. The molecule has 172 valence electrons. The summed E-state index contributed by atoms with van der Waals surface area (Å²) in [7, 11) is 0. The molecule has 3 rings (SSSR count). The number of halogens is 3. The molecule has 6 nitrogen and oxygen atoms in total. The minimum Gasteiger partial charge on any atom is -0.352 e. The van der Waals surface area contributed by atoms with Crippen LogP contribution in [0.4, 0.5) is 13.2 Å². The van der Waals surface area contributed by atoms with Gasteiger partial charge in [0, 0.05) is 17.5 Å². The van der Waals surface area contributed by atoms with Gasteiger partial charge in [-0.15, -0.1) is 11.3 Å². The van der Waals surface area contributed by atoms with Gasteiger partial charge in [-0.2, -0.15) is 18.3 Å². The van der Waals surface area contributed by atoms with Crippen LogP contribution in [0.25, 0.3) is 16.4 Å². The lowest BCUT2D eigenvalue weighted by molar-refractivity contribution is -0.143. The number of rotatable bonds is 9. The van der Waals surface area contributed by atoms with Crippen LogP contribution in [0, 0.1) is 6.92 Å². The molecule has 1 N–H and O–H groups in total. The zero-order valence-corrected chi connectivity index (χ0v) is 19.1. The van der Waals surface area contributed by atoms with Gasteiger partial charge >= 0.3 is 6.18 Å². The number of amides is 1. The number of alkyl halides is 3. The minimum absolute atomic E-state index is 0.0495. The first-order chi connectivity index (χ1) is 15.2. The van der Waals surface area contributed by atoms with Gasteiger partial charge in [0.15, 0.2) is 5.69 Å². The average Bonchev–Trinajstić information content (AvgIpc) is 3.41. The van der Waals surface area contributed by atoms with E-state index in [9.17, 15) is 18.0 Å². The number of aryl methyl sites for hydroxylation is 1. The third kappa shape index (κ3) is 5.55. The van der Waals surface area contributed by atoms with Crippen molar-refractivity contribution in [3.63, 3.8) is 0 Å². The summed E-state index contributed by atoms with van der Waals surface area (Å²) in [5.74, 6) is -0.793. The first-order valence-corrected chi connectivity index (χ1v) is 11.3. The van der Waals surface area contributed by atoms with Crippen LogP contribution in [0.3, 0.4) is 0 Å². The summed E-state index contributed by atoms with van der Waals surface area (Å²) in [6.45, 7) is 8.84. The van der Waals surface area contributed by atoms with Gasteiger partial charge in [0.25, 0.3) is 5.91 Å². The highest BCUT2D eigenvalue weighted by molar-refractivity contribution is 7.12. The van der Waals surface area contributed by atoms with Gasteiger partial charge in [-0.25, -0.2) is 9.67 Å². The molecule has 0 atom stereocenters. The van der Waals surface area contributed by atoms with E-state index in [-0.39, 0.29) is 11.7 Å². The van der Waals surface area contributed by atoms with Crippen molar-refractivity contribution < 1.29 is 18.0 Å². The molecule has 0 unspecified atom stereocenters. The number of carbonyl (C=O) groups excluding carboxylic acids is 1. The second-order valence-electron chi connectivity index (χ2n) is 7.33. The first kappa shape index (κ1) is 23.9. The monoisotopic (exact) mass is 465 g/mol. The van der Waals surface area contributed by atoms with Crippen molar-refractivity contribution in [2.45, 2.75) is 33.4 Å². The summed E-state index contributed by atoms with van der Waals surface area (Å²) < 4.78 is 42.3. The Labute approximate surface area is 189 Å². The number of aromatic nitrogens is 3. The Morgan fingerprint density at radius 3 is 2.50 bits per heavy atom. The number of hydrogen-bond acceptors (Lipinski definition) is 5. The Kier molecular flexibility index (Phi) is 7.68. The SMILES string of the molecule is CCN(CC)CCCNC(=O)c1cnn(-c2nc(-c3ccc(C)cc3)cs2)c1C(F)(F)F. The van der Waals surface area contributed by atoms with E-state index in [1.165, 1.54) is 0 Å². The molecule has 0 bridgehead atoms. The van der Waals surface area contributed by atoms with Crippen LogP contribution in [0.5, 0.6) is 0 Å². The average molecular weight is 466 g/mol. The van der Waals surface area contributed by atoms with Crippen LogP contribution < -0.4 is 5.32 Å². The molecule has 3 aromatic rings. The molecule has 1 aromatic carbocycles. The molecule has 0 aliphatic carbocycles. The highest BCUT2D eigenvalue weighted by atomic mass is 32.1. The molecule has 2 aromatic heterocycles. The predicted molar refractivity (Wildman–Crippen MR) is 119 cm³/mol. The van der Waals surface area contributed by atoms with E-state index in [1.807, 2.05) is 45.0 Å². The van der Waals surface area contributed by atoms with E-state index in [1.54, 1.807) is 5.38 Å². The van der Waals surface area contributed by atoms with Crippen molar-refractivity contribution in [1.29, 1.82) is 0 Å². The lowest BCUT2D eigenvalue weighted by atomic mass is 10.1. The third-order valence-electron chi connectivity index (χ3n) is 5.13. The summed E-state index contributed by atoms with van der Waals surface area (Å²) in [5, 5.41) is 8.16. The zero-order valence-electron chi connectivity index (χ0n) is 18.2. The van der Waals surface area contributed by atoms with Gasteiger partial charge in [-0.1, -0.05) is 43.7 Å². The molecule has 0 radical (unpaired) electrons. The highest BCUT2D eigenvalue weighted by Crippen LogP contribution is 2.35. The van der Waals surface area contributed by atoms with E-state index in [2.05, 4.69) is 20.3 Å². The standard InChI is InChI=1S/C22H26F3N5OS/c1-4-29(5-2)12-6-11-26-20(31)17-13-27-30(19(17)22(23,24)25)21-28-18(14-32-21)16-9-7-15(3)8-10-16/h7-10,13-14H,4-6,11-12H2,1-3H3,(H,26,31). The topological polar surface area (TPSA) is 63.1 Å². The normalized spacial score (nSPS) is 11.8. The molecule has 10 heteroatoms. The van der Waals surface area contributed by atoms with Crippen LogP contribution in [0.2, 0.25) is 0 Å². The fraction of sp³-hybridized carbons (Fsp3) is 0.409. The molecule has 0 saturated carbocycles. The summed E-state index contributed by atoms with van der Waals surface area (Å²) >= 11 is 1.04. The Bertz CT molecular complexity index is 1040. The summed E-state index contributed by atoms with van der Waals surface area (Å²) in [6.07, 6.45) is -3.16. The highest BCUT2D eigenvalue weighted by Gasteiger charge is 2.41. The molecule has 0 fully saturated rings. The van der Waals surface area contributed by atoms with E-state index in [4.69, 9.17) is 0 Å². The number of nitrogens with zero attached hydrogens (tertiary/aromatic N) is 4. The molecule has 0 spiro atoms. The van der Waals surface area contributed by atoms with E-state index < -0.39 is 23.3 Å². The fourth-order valence-electron chi connectivity index (χ4n) is 3.29. The Balaban J connectivity index is 1.80. The maximum atomic E-state index is 13.9. The fourth-order valence-corrected chi connectivity index (χ4v) is 4.09. The molecule has 32 heavy (non-hydrogen) atoms. The lowest BCUT2D eigenvalue weighted by Crippen LogP contribution is -2.31. The van der Waals surface area contributed by atoms with E-state index >= 15 is 0 Å². The molecular weight excluding hydrogens is 439 g/mol. The van der Waals surface area contributed by atoms with E-state index in [0.717, 1.165) is 48.3 Å². The molecule has 0 saturated heterocycles. The van der Waals surface area contributed by atoms with Crippen molar-refractivity contribution in [3.8, 4) is 16.4 Å². The van der Waals surface area contributed by atoms with Crippen LogP contribution in [0.1, 0.15) is 41.9 Å². The van der Waals surface area contributed by atoms with Gasteiger partial charge in [0.1, 0.15) is 0 Å². The number of benzene rings is 1. The van der Waals surface area contributed by atoms with Crippen LogP contribution in [0.15, 0.2) is 35.8 Å². The molecule has 0 aliphatic rings. The van der Waals surface area contributed by atoms with Gasteiger partial charge in [-0.3, -0.25) is 4.79 Å². The van der Waals surface area contributed by atoms with E-state index in [0.29, 0.717) is 16.8 Å². The Morgan fingerprint density at radius 2 is 1.88 bits per heavy atom.